The fourth-order valence-corrected chi connectivity index (χ4v) is 3.26. The summed E-state index contributed by atoms with van der Waals surface area (Å²) >= 11 is 0. The Labute approximate surface area is 120 Å². The van der Waals surface area contributed by atoms with E-state index in [1.54, 1.807) is 12.1 Å². The summed E-state index contributed by atoms with van der Waals surface area (Å²) in [6.07, 6.45) is 3.39. The van der Waals surface area contributed by atoms with E-state index >= 15 is 0 Å². The van der Waals surface area contributed by atoms with Crippen molar-refractivity contribution in [1.82, 2.24) is 0 Å². The van der Waals surface area contributed by atoms with Crippen molar-refractivity contribution in [1.29, 1.82) is 0 Å². The largest absolute Gasteiger partial charge is 0.494 e. The molecule has 20 heavy (non-hydrogen) atoms. The summed E-state index contributed by atoms with van der Waals surface area (Å²) in [4.78, 5) is 0. The van der Waals surface area contributed by atoms with Gasteiger partial charge in [0.15, 0.2) is 11.6 Å². The highest BCUT2D eigenvalue weighted by atomic mass is 19.1. The minimum absolute atomic E-state index is 0.102. The fourth-order valence-electron chi connectivity index (χ4n) is 3.26. The Kier molecular flexibility index (Phi) is 4.53. The second kappa shape index (κ2) is 6.00. The van der Waals surface area contributed by atoms with Crippen LogP contribution in [-0.4, -0.2) is 19.2 Å². The number of benzene rings is 1. The van der Waals surface area contributed by atoms with E-state index in [1.165, 1.54) is 26.0 Å². The van der Waals surface area contributed by atoms with Crippen LogP contribution < -0.4 is 15.8 Å². The van der Waals surface area contributed by atoms with Crippen LogP contribution in [0.3, 0.4) is 0 Å². The number of hydrogen-bond donors (Lipinski definition) is 2. The molecule has 2 rings (SSSR count). The van der Waals surface area contributed by atoms with Gasteiger partial charge >= 0.3 is 0 Å². The Hall–Kier alpha value is -1.29. The maximum absolute atomic E-state index is 13.5. The molecular formula is C16H25FN2O. The van der Waals surface area contributed by atoms with Crippen LogP contribution in [0.5, 0.6) is 5.75 Å². The van der Waals surface area contributed by atoms with Crippen LogP contribution in [0.2, 0.25) is 0 Å². The molecule has 1 saturated carbocycles. The Morgan fingerprint density at radius 1 is 1.45 bits per heavy atom. The van der Waals surface area contributed by atoms with Gasteiger partial charge in [-0.3, -0.25) is 0 Å². The summed E-state index contributed by atoms with van der Waals surface area (Å²) in [6, 6.07) is 4.89. The molecule has 0 amide bonds. The Bertz CT molecular complexity index is 466. The van der Waals surface area contributed by atoms with E-state index < -0.39 is 0 Å². The summed E-state index contributed by atoms with van der Waals surface area (Å²) in [5, 5.41) is 3.54. The molecule has 3 atom stereocenters. The molecule has 0 spiro atoms. The quantitative estimate of drug-likeness (QED) is 0.888. The van der Waals surface area contributed by atoms with Gasteiger partial charge in [0, 0.05) is 18.3 Å². The van der Waals surface area contributed by atoms with Crippen molar-refractivity contribution < 1.29 is 9.13 Å². The summed E-state index contributed by atoms with van der Waals surface area (Å²) in [7, 11) is 1.48. The molecule has 112 valence electrons. The number of rotatable bonds is 4. The van der Waals surface area contributed by atoms with Crippen LogP contribution in [0.4, 0.5) is 10.1 Å². The first-order valence-corrected chi connectivity index (χ1v) is 7.32. The van der Waals surface area contributed by atoms with Crippen LogP contribution in [-0.2, 0) is 0 Å². The van der Waals surface area contributed by atoms with E-state index in [9.17, 15) is 4.39 Å². The van der Waals surface area contributed by atoms with E-state index in [2.05, 4.69) is 19.2 Å². The van der Waals surface area contributed by atoms with Crippen molar-refractivity contribution in [3.63, 3.8) is 0 Å². The molecule has 1 aliphatic rings. The van der Waals surface area contributed by atoms with Crippen LogP contribution in [0.15, 0.2) is 18.2 Å². The molecule has 3 unspecified atom stereocenters. The number of nitrogens with one attached hydrogen (secondary N) is 1. The first kappa shape index (κ1) is 15.1. The standard InChI is InChI=1S/C16H25FN2O/c1-11-6-7-16(10-18,12(2)8-11)19-13-4-5-14(17)15(9-13)20-3/h4-5,9,11-12,19H,6-8,10,18H2,1-3H3. The molecule has 1 aliphatic carbocycles. The van der Waals surface area contributed by atoms with Gasteiger partial charge in [-0.25, -0.2) is 4.39 Å². The number of hydrogen-bond acceptors (Lipinski definition) is 3. The maximum Gasteiger partial charge on any atom is 0.165 e. The second-order valence-electron chi connectivity index (χ2n) is 6.12. The highest BCUT2D eigenvalue weighted by Crippen LogP contribution is 2.39. The summed E-state index contributed by atoms with van der Waals surface area (Å²) in [5.41, 5.74) is 6.82. The highest BCUT2D eigenvalue weighted by Gasteiger charge is 2.39. The van der Waals surface area contributed by atoms with Crippen molar-refractivity contribution in [2.45, 2.75) is 38.6 Å². The monoisotopic (exact) mass is 280 g/mol. The Balaban J connectivity index is 2.21. The van der Waals surface area contributed by atoms with Gasteiger partial charge < -0.3 is 15.8 Å². The molecule has 0 radical (unpaired) electrons. The molecule has 1 fully saturated rings. The molecule has 4 heteroatoms. The number of anilines is 1. The molecule has 3 nitrogen and oxygen atoms in total. The van der Waals surface area contributed by atoms with Crippen LogP contribution in [0.1, 0.15) is 33.1 Å². The lowest BCUT2D eigenvalue weighted by Gasteiger charge is -2.45. The maximum atomic E-state index is 13.5. The van der Waals surface area contributed by atoms with Gasteiger partial charge in [0.1, 0.15) is 0 Å². The molecule has 0 heterocycles. The number of nitrogens with two attached hydrogens (primary N) is 1. The third-order valence-electron chi connectivity index (χ3n) is 4.69. The van der Waals surface area contributed by atoms with Crippen LogP contribution >= 0.6 is 0 Å². The van der Waals surface area contributed by atoms with Gasteiger partial charge in [-0.1, -0.05) is 13.8 Å². The number of methoxy groups -OCH3 is 1. The minimum Gasteiger partial charge on any atom is -0.494 e. The average Bonchev–Trinajstić information content (AvgIpc) is 2.44. The third kappa shape index (κ3) is 2.90. The lowest BCUT2D eigenvalue weighted by molar-refractivity contribution is 0.189. The number of halogens is 1. The van der Waals surface area contributed by atoms with Crippen LogP contribution in [0, 0.1) is 17.7 Å². The van der Waals surface area contributed by atoms with Crippen molar-refractivity contribution >= 4 is 5.69 Å². The zero-order chi connectivity index (χ0) is 14.8. The van der Waals surface area contributed by atoms with Crippen LogP contribution in [0.25, 0.3) is 0 Å². The van der Waals surface area contributed by atoms with Gasteiger partial charge in [-0.2, -0.15) is 0 Å². The summed E-state index contributed by atoms with van der Waals surface area (Å²) in [5.74, 6) is 1.16. The molecule has 1 aromatic rings. The molecule has 0 bridgehead atoms. The second-order valence-corrected chi connectivity index (χ2v) is 6.12. The van der Waals surface area contributed by atoms with Gasteiger partial charge in [-0.05, 0) is 43.2 Å². The topological polar surface area (TPSA) is 47.3 Å². The first-order chi connectivity index (χ1) is 9.50. The van der Waals surface area contributed by atoms with Gasteiger partial charge in [0.25, 0.3) is 0 Å². The molecule has 0 aromatic heterocycles. The highest BCUT2D eigenvalue weighted by molar-refractivity contribution is 5.51. The molecule has 0 aliphatic heterocycles. The van der Waals surface area contributed by atoms with E-state index in [0.29, 0.717) is 12.5 Å². The zero-order valence-electron chi connectivity index (χ0n) is 12.6. The predicted octanol–water partition coefficient (Wildman–Crippen LogP) is 3.40. The molecule has 1 aromatic carbocycles. The van der Waals surface area contributed by atoms with Gasteiger partial charge in [-0.15, -0.1) is 0 Å². The SMILES string of the molecule is COc1cc(NC2(CN)CCC(C)CC2C)ccc1F. The summed E-state index contributed by atoms with van der Waals surface area (Å²) in [6.45, 7) is 5.12. The van der Waals surface area contributed by atoms with Crippen molar-refractivity contribution in [3.05, 3.63) is 24.0 Å². The van der Waals surface area contributed by atoms with E-state index in [1.807, 2.05) is 0 Å². The first-order valence-electron chi connectivity index (χ1n) is 7.32. The van der Waals surface area contributed by atoms with E-state index in [4.69, 9.17) is 10.5 Å². The van der Waals surface area contributed by atoms with E-state index in [-0.39, 0.29) is 17.1 Å². The third-order valence-corrected chi connectivity index (χ3v) is 4.69. The summed E-state index contributed by atoms with van der Waals surface area (Å²) < 4.78 is 18.5. The van der Waals surface area contributed by atoms with Crippen molar-refractivity contribution in [2.75, 3.05) is 19.0 Å². The average molecular weight is 280 g/mol. The van der Waals surface area contributed by atoms with Gasteiger partial charge in [0.2, 0.25) is 0 Å². The normalized spacial score (nSPS) is 30.1. The van der Waals surface area contributed by atoms with E-state index in [0.717, 1.165) is 18.0 Å². The Morgan fingerprint density at radius 3 is 2.80 bits per heavy atom. The Morgan fingerprint density at radius 2 is 2.20 bits per heavy atom. The van der Waals surface area contributed by atoms with Crippen molar-refractivity contribution in [2.24, 2.45) is 17.6 Å². The lowest BCUT2D eigenvalue weighted by atomic mass is 9.70. The number of ether oxygens (including phenoxy) is 1. The molecule has 3 N–H and O–H groups in total. The minimum atomic E-state index is -0.342. The predicted molar refractivity (Wildman–Crippen MR) is 80.5 cm³/mol. The van der Waals surface area contributed by atoms with Crippen molar-refractivity contribution in [3.8, 4) is 5.75 Å². The lowest BCUT2D eigenvalue weighted by Crippen LogP contribution is -2.53. The molecular weight excluding hydrogens is 255 g/mol. The zero-order valence-corrected chi connectivity index (χ0v) is 12.6. The molecule has 0 saturated heterocycles. The fraction of sp³-hybridized carbons (Fsp3) is 0.625. The van der Waals surface area contributed by atoms with Gasteiger partial charge in [0.05, 0.1) is 12.6 Å². The smallest absolute Gasteiger partial charge is 0.165 e.